The lowest BCUT2D eigenvalue weighted by Crippen LogP contribution is -2.49. The molecule has 0 radical (unpaired) electrons. The van der Waals surface area contributed by atoms with Gasteiger partial charge in [-0.2, -0.15) is 0 Å². The van der Waals surface area contributed by atoms with Crippen molar-refractivity contribution < 1.29 is 4.79 Å². The molecular formula is C22H33ClN2O. The fraction of sp³-hybridized carbons (Fsp3) is 0.682. The molecule has 2 saturated heterocycles. The van der Waals surface area contributed by atoms with Crippen molar-refractivity contribution in [2.45, 2.75) is 57.3 Å². The van der Waals surface area contributed by atoms with Crippen molar-refractivity contribution in [3.8, 4) is 0 Å². The van der Waals surface area contributed by atoms with Crippen LogP contribution in [0.1, 0.15) is 56.1 Å². The van der Waals surface area contributed by atoms with Crippen LogP contribution in [0.5, 0.6) is 0 Å². The van der Waals surface area contributed by atoms with Crippen LogP contribution in [0.2, 0.25) is 0 Å². The minimum Gasteiger partial charge on any atom is -0.342 e. The zero-order valence-electron chi connectivity index (χ0n) is 16.0. The Labute approximate surface area is 164 Å². The summed E-state index contributed by atoms with van der Waals surface area (Å²) < 4.78 is 0. The first-order chi connectivity index (χ1) is 12.2. The van der Waals surface area contributed by atoms with E-state index in [-0.39, 0.29) is 17.8 Å². The summed E-state index contributed by atoms with van der Waals surface area (Å²) in [5, 5.41) is 3.54. The fourth-order valence-corrected chi connectivity index (χ4v) is 5.59. The average Bonchev–Trinajstić information content (AvgIpc) is 3.00. The SMILES string of the molecule is Cc1ccccc1C1(C(=O)N2CC[C@@H]3CNC[C@@H]3CC2)CCCCC1.Cl. The normalized spacial score (nSPS) is 28.0. The minimum atomic E-state index is -0.263. The number of carbonyl (C=O) groups excluding carboxylic acids is 1. The molecule has 144 valence electrons. The van der Waals surface area contributed by atoms with Crippen LogP contribution in [-0.2, 0) is 10.2 Å². The van der Waals surface area contributed by atoms with Gasteiger partial charge in [-0.1, -0.05) is 43.5 Å². The Morgan fingerprint density at radius 3 is 2.27 bits per heavy atom. The lowest BCUT2D eigenvalue weighted by molar-refractivity contribution is -0.139. The highest BCUT2D eigenvalue weighted by Crippen LogP contribution is 2.43. The smallest absolute Gasteiger partial charge is 0.233 e. The van der Waals surface area contributed by atoms with Crippen LogP contribution < -0.4 is 5.32 Å². The molecule has 0 unspecified atom stereocenters. The Morgan fingerprint density at radius 1 is 1.04 bits per heavy atom. The van der Waals surface area contributed by atoms with Gasteiger partial charge in [-0.3, -0.25) is 4.79 Å². The van der Waals surface area contributed by atoms with Gasteiger partial charge in [-0.15, -0.1) is 12.4 Å². The predicted molar refractivity (Wildman–Crippen MR) is 109 cm³/mol. The Bertz CT molecular complexity index is 612. The molecule has 2 heterocycles. The second-order valence-electron chi connectivity index (χ2n) is 8.51. The molecule has 3 nitrogen and oxygen atoms in total. The van der Waals surface area contributed by atoms with Gasteiger partial charge in [-0.25, -0.2) is 0 Å². The number of aryl methyl sites for hydroxylation is 1. The molecule has 3 fully saturated rings. The number of carbonyl (C=O) groups is 1. The van der Waals surface area contributed by atoms with E-state index in [2.05, 4.69) is 41.4 Å². The van der Waals surface area contributed by atoms with Gasteiger partial charge in [0.2, 0.25) is 5.91 Å². The number of hydrogen-bond acceptors (Lipinski definition) is 2. The van der Waals surface area contributed by atoms with Crippen molar-refractivity contribution >= 4 is 18.3 Å². The third kappa shape index (κ3) is 3.53. The van der Waals surface area contributed by atoms with E-state index < -0.39 is 0 Å². The lowest BCUT2D eigenvalue weighted by atomic mass is 9.67. The molecule has 1 amide bonds. The number of rotatable bonds is 2. The fourth-order valence-electron chi connectivity index (χ4n) is 5.59. The monoisotopic (exact) mass is 376 g/mol. The summed E-state index contributed by atoms with van der Waals surface area (Å²) in [7, 11) is 0. The standard InChI is InChI=1S/C22H32N2O.ClH/c1-17-7-3-4-8-20(17)22(11-5-2-6-12-22)21(25)24-13-9-18-15-23-16-19(18)10-14-24;/h3-4,7-8,18-19,23H,2,5-6,9-16H2,1H3;1H/t18-,19+;. The van der Waals surface area contributed by atoms with E-state index in [4.69, 9.17) is 0 Å². The highest BCUT2D eigenvalue weighted by Gasteiger charge is 2.45. The summed E-state index contributed by atoms with van der Waals surface area (Å²) >= 11 is 0. The third-order valence-corrected chi connectivity index (χ3v) is 7.08. The van der Waals surface area contributed by atoms with Gasteiger partial charge < -0.3 is 10.2 Å². The summed E-state index contributed by atoms with van der Waals surface area (Å²) in [6.45, 7) is 6.38. The molecule has 3 aliphatic rings. The van der Waals surface area contributed by atoms with Crippen molar-refractivity contribution in [1.82, 2.24) is 10.2 Å². The molecule has 26 heavy (non-hydrogen) atoms. The molecule has 4 heteroatoms. The number of nitrogens with one attached hydrogen (secondary N) is 1. The Hall–Kier alpha value is -1.06. The quantitative estimate of drug-likeness (QED) is 0.843. The zero-order valence-corrected chi connectivity index (χ0v) is 16.8. The van der Waals surface area contributed by atoms with E-state index in [1.165, 1.54) is 43.2 Å². The Morgan fingerprint density at radius 2 is 1.65 bits per heavy atom. The number of nitrogens with zero attached hydrogens (tertiary/aromatic N) is 1. The Balaban J connectivity index is 0.00000196. The summed E-state index contributed by atoms with van der Waals surface area (Å²) in [4.78, 5) is 16.0. The summed E-state index contributed by atoms with van der Waals surface area (Å²) in [6.07, 6.45) is 8.05. The first-order valence-electron chi connectivity index (χ1n) is 10.3. The highest BCUT2D eigenvalue weighted by molar-refractivity contribution is 5.89. The summed E-state index contributed by atoms with van der Waals surface area (Å²) in [5.74, 6) is 1.98. The maximum atomic E-state index is 13.8. The molecule has 1 aliphatic carbocycles. The van der Waals surface area contributed by atoms with Gasteiger partial charge in [0, 0.05) is 13.1 Å². The molecule has 2 aliphatic heterocycles. The van der Waals surface area contributed by atoms with Crippen molar-refractivity contribution in [2.24, 2.45) is 11.8 Å². The molecular weight excluding hydrogens is 344 g/mol. The van der Waals surface area contributed by atoms with Crippen molar-refractivity contribution in [1.29, 1.82) is 0 Å². The predicted octanol–water partition coefficient (Wildman–Crippen LogP) is 4.08. The summed E-state index contributed by atoms with van der Waals surface area (Å²) in [5.41, 5.74) is 2.32. The molecule has 1 aromatic rings. The van der Waals surface area contributed by atoms with Crippen LogP contribution in [0.3, 0.4) is 0 Å². The number of amides is 1. The van der Waals surface area contributed by atoms with Crippen molar-refractivity contribution in [3.05, 3.63) is 35.4 Å². The lowest BCUT2D eigenvalue weighted by Gasteiger charge is -2.41. The summed E-state index contributed by atoms with van der Waals surface area (Å²) in [6, 6.07) is 8.61. The molecule has 0 spiro atoms. The minimum absolute atomic E-state index is 0. The van der Waals surface area contributed by atoms with Gasteiger partial charge in [0.1, 0.15) is 0 Å². The maximum absolute atomic E-state index is 13.8. The van der Waals surface area contributed by atoms with Crippen molar-refractivity contribution in [3.63, 3.8) is 0 Å². The maximum Gasteiger partial charge on any atom is 0.233 e. The van der Waals surface area contributed by atoms with Crippen LogP contribution in [0.4, 0.5) is 0 Å². The average molecular weight is 377 g/mol. The van der Waals surface area contributed by atoms with Gasteiger partial charge in [-0.05, 0) is 68.7 Å². The number of fused-ring (bicyclic) bond motifs is 1. The topological polar surface area (TPSA) is 32.3 Å². The first-order valence-corrected chi connectivity index (χ1v) is 10.3. The van der Waals surface area contributed by atoms with E-state index >= 15 is 0 Å². The molecule has 1 aromatic carbocycles. The van der Waals surface area contributed by atoms with Crippen LogP contribution in [0, 0.1) is 18.8 Å². The third-order valence-electron chi connectivity index (χ3n) is 7.08. The van der Waals surface area contributed by atoms with Crippen LogP contribution in [0.15, 0.2) is 24.3 Å². The Kier molecular flexibility index (Phi) is 6.29. The molecule has 4 rings (SSSR count). The number of halogens is 1. The number of likely N-dealkylation sites (tertiary alicyclic amines) is 1. The molecule has 2 atom stereocenters. The van der Waals surface area contributed by atoms with Crippen molar-refractivity contribution in [2.75, 3.05) is 26.2 Å². The second kappa shape index (κ2) is 8.31. The van der Waals surface area contributed by atoms with E-state index in [1.807, 2.05) is 0 Å². The van der Waals surface area contributed by atoms with E-state index in [0.29, 0.717) is 5.91 Å². The van der Waals surface area contributed by atoms with Crippen LogP contribution in [-0.4, -0.2) is 37.0 Å². The highest BCUT2D eigenvalue weighted by atomic mass is 35.5. The molecule has 1 saturated carbocycles. The first kappa shape index (κ1) is 19.7. The van der Waals surface area contributed by atoms with E-state index in [0.717, 1.165) is 50.9 Å². The number of benzene rings is 1. The molecule has 0 bridgehead atoms. The van der Waals surface area contributed by atoms with Crippen LogP contribution in [0.25, 0.3) is 0 Å². The van der Waals surface area contributed by atoms with Crippen LogP contribution >= 0.6 is 12.4 Å². The van der Waals surface area contributed by atoms with Gasteiger partial charge in [0.25, 0.3) is 0 Å². The largest absolute Gasteiger partial charge is 0.342 e. The van der Waals surface area contributed by atoms with Gasteiger partial charge in [0.05, 0.1) is 5.41 Å². The zero-order chi connectivity index (χ0) is 17.3. The molecule has 1 N–H and O–H groups in total. The van der Waals surface area contributed by atoms with Gasteiger partial charge in [0.15, 0.2) is 0 Å². The van der Waals surface area contributed by atoms with Gasteiger partial charge >= 0.3 is 0 Å². The van der Waals surface area contributed by atoms with E-state index in [1.54, 1.807) is 0 Å². The number of hydrogen-bond donors (Lipinski definition) is 1. The second-order valence-corrected chi connectivity index (χ2v) is 8.51. The molecule has 0 aromatic heterocycles. The van der Waals surface area contributed by atoms with E-state index in [9.17, 15) is 4.79 Å².